The summed E-state index contributed by atoms with van der Waals surface area (Å²) in [5.74, 6) is -0.0435. The number of hydrogen-bond acceptors (Lipinski definition) is 6. The molecule has 0 aliphatic rings. The standard InChI is InChI=1S/C18H18FN7OS/c1-3-4-14(16-21-24-25-22-16)20-17(27)15-9-13-10(2)23-26(18(13)28-15)12-7-5-11(19)6-8-12/h5-9,14H,3-4H2,1-2H3,(H,20,27)(H,21,22,24,25). The molecule has 0 spiro atoms. The van der Waals surface area contributed by atoms with Gasteiger partial charge in [0, 0.05) is 5.39 Å². The topological polar surface area (TPSA) is 101 Å². The molecule has 3 aromatic heterocycles. The highest BCUT2D eigenvalue weighted by Crippen LogP contribution is 2.31. The molecule has 144 valence electrons. The second-order valence-corrected chi connectivity index (χ2v) is 7.42. The zero-order chi connectivity index (χ0) is 19.7. The average Bonchev–Trinajstić information content (AvgIpc) is 3.40. The Bertz CT molecular complexity index is 1100. The molecule has 8 nitrogen and oxygen atoms in total. The number of fused-ring (bicyclic) bond motifs is 1. The number of nitrogens with one attached hydrogen (secondary N) is 2. The molecule has 0 radical (unpaired) electrons. The van der Waals surface area contributed by atoms with E-state index in [-0.39, 0.29) is 17.8 Å². The molecule has 28 heavy (non-hydrogen) atoms. The molecule has 0 fully saturated rings. The molecule has 1 amide bonds. The Kier molecular flexibility index (Phi) is 4.86. The lowest BCUT2D eigenvalue weighted by Gasteiger charge is -2.13. The van der Waals surface area contributed by atoms with Crippen LogP contribution < -0.4 is 5.32 Å². The monoisotopic (exact) mass is 399 g/mol. The minimum absolute atomic E-state index is 0.200. The highest BCUT2D eigenvalue weighted by Gasteiger charge is 2.22. The number of halogens is 1. The molecule has 0 saturated heterocycles. The Hall–Kier alpha value is -3.14. The minimum atomic E-state index is -0.309. The largest absolute Gasteiger partial charge is 0.341 e. The van der Waals surface area contributed by atoms with Crippen molar-refractivity contribution in [2.24, 2.45) is 0 Å². The van der Waals surface area contributed by atoms with Crippen LogP contribution in [0.2, 0.25) is 0 Å². The molecule has 4 rings (SSSR count). The van der Waals surface area contributed by atoms with Gasteiger partial charge in [-0.3, -0.25) is 4.79 Å². The van der Waals surface area contributed by atoms with Crippen LogP contribution in [0.5, 0.6) is 0 Å². The van der Waals surface area contributed by atoms with Crippen molar-refractivity contribution >= 4 is 27.5 Å². The highest BCUT2D eigenvalue weighted by molar-refractivity contribution is 7.20. The molecule has 1 aromatic carbocycles. The summed E-state index contributed by atoms with van der Waals surface area (Å²) in [5.41, 5.74) is 1.54. The van der Waals surface area contributed by atoms with Crippen LogP contribution in [0.1, 0.15) is 47.0 Å². The Morgan fingerprint density at radius 2 is 2.14 bits per heavy atom. The first-order valence-electron chi connectivity index (χ1n) is 8.86. The van der Waals surface area contributed by atoms with Crippen LogP contribution in [0.4, 0.5) is 4.39 Å². The number of hydrogen-bond donors (Lipinski definition) is 2. The number of benzene rings is 1. The first-order chi connectivity index (χ1) is 13.6. The van der Waals surface area contributed by atoms with Crippen LogP contribution in [-0.4, -0.2) is 36.3 Å². The predicted octanol–water partition coefficient (Wildman–Crippen LogP) is 3.32. The number of aryl methyl sites for hydroxylation is 1. The molecular formula is C18H18FN7OS. The van der Waals surface area contributed by atoms with Crippen LogP contribution in [0, 0.1) is 12.7 Å². The van der Waals surface area contributed by atoms with E-state index in [0.717, 1.165) is 28.0 Å². The van der Waals surface area contributed by atoms with Crippen molar-refractivity contribution in [3.05, 3.63) is 52.5 Å². The number of thiophene rings is 1. The van der Waals surface area contributed by atoms with Gasteiger partial charge >= 0.3 is 0 Å². The Morgan fingerprint density at radius 3 is 2.82 bits per heavy atom. The van der Waals surface area contributed by atoms with E-state index in [2.05, 4.69) is 31.0 Å². The van der Waals surface area contributed by atoms with Crippen molar-refractivity contribution in [3.63, 3.8) is 0 Å². The molecule has 0 aliphatic heterocycles. The van der Waals surface area contributed by atoms with Gasteiger partial charge in [-0.1, -0.05) is 18.6 Å². The first kappa shape index (κ1) is 18.2. The number of aromatic nitrogens is 6. The number of H-pyrrole nitrogens is 1. The van der Waals surface area contributed by atoms with Crippen LogP contribution in [0.3, 0.4) is 0 Å². The summed E-state index contributed by atoms with van der Waals surface area (Å²) >= 11 is 1.34. The lowest BCUT2D eigenvalue weighted by molar-refractivity contribution is 0.0936. The van der Waals surface area contributed by atoms with Crippen molar-refractivity contribution in [3.8, 4) is 5.69 Å². The van der Waals surface area contributed by atoms with Gasteiger partial charge < -0.3 is 5.32 Å². The fourth-order valence-corrected chi connectivity index (χ4v) is 4.10. The summed E-state index contributed by atoms with van der Waals surface area (Å²) in [4.78, 5) is 14.2. The Labute approximate surface area is 163 Å². The molecule has 3 heterocycles. The van der Waals surface area contributed by atoms with E-state index in [0.29, 0.717) is 17.1 Å². The predicted molar refractivity (Wildman–Crippen MR) is 103 cm³/mol. The number of rotatable bonds is 6. The third-order valence-corrected chi connectivity index (χ3v) is 5.51. The Morgan fingerprint density at radius 1 is 1.36 bits per heavy atom. The SMILES string of the molecule is CCCC(NC(=O)c1cc2c(C)nn(-c3ccc(F)cc3)c2s1)c1nn[nH]n1. The number of aromatic amines is 1. The summed E-state index contributed by atoms with van der Waals surface area (Å²) in [7, 11) is 0. The van der Waals surface area contributed by atoms with Crippen LogP contribution >= 0.6 is 11.3 Å². The number of amides is 1. The summed E-state index contributed by atoms with van der Waals surface area (Å²) < 4.78 is 15.0. The fraction of sp³-hybridized carbons (Fsp3) is 0.278. The molecule has 1 unspecified atom stereocenters. The normalized spacial score (nSPS) is 12.4. The molecule has 4 aromatic rings. The summed E-state index contributed by atoms with van der Waals surface area (Å²) in [6.07, 6.45) is 1.57. The van der Waals surface area contributed by atoms with Crippen molar-refractivity contribution in [2.75, 3.05) is 0 Å². The van der Waals surface area contributed by atoms with E-state index in [1.807, 2.05) is 19.9 Å². The van der Waals surface area contributed by atoms with Gasteiger partial charge in [0.15, 0.2) is 5.82 Å². The maximum Gasteiger partial charge on any atom is 0.262 e. The van der Waals surface area contributed by atoms with Crippen molar-refractivity contribution in [2.45, 2.75) is 32.7 Å². The third-order valence-electron chi connectivity index (χ3n) is 4.40. The van der Waals surface area contributed by atoms with Gasteiger partial charge in [0.1, 0.15) is 10.6 Å². The number of tetrazole rings is 1. The first-order valence-corrected chi connectivity index (χ1v) is 9.67. The third kappa shape index (κ3) is 3.38. The van der Waals surface area contributed by atoms with Crippen LogP contribution in [0.25, 0.3) is 15.9 Å². The van der Waals surface area contributed by atoms with Gasteiger partial charge in [0.05, 0.1) is 22.3 Å². The Balaban J connectivity index is 1.65. The summed E-state index contributed by atoms with van der Waals surface area (Å²) in [5, 5.41) is 22.4. The minimum Gasteiger partial charge on any atom is -0.341 e. The lowest BCUT2D eigenvalue weighted by Crippen LogP contribution is -2.28. The molecule has 2 N–H and O–H groups in total. The fourth-order valence-electron chi connectivity index (χ4n) is 3.02. The van der Waals surface area contributed by atoms with E-state index < -0.39 is 0 Å². The molecule has 1 atom stereocenters. The van der Waals surface area contributed by atoms with Gasteiger partial charge in [-0.05, 0) is 43.7 Å². The zero-order valence-electron chi connectivity index (χ0n) is 15.3. The number of carbonyl (C=O) groups is 1. The molecular weight excluding hydrogens is 381 g/mol. The highest BCUT2D eigenvalue weighted by atomic mass is 32.1. The maximum absolute atomic E-state index is 13.2. The van der Waals surface area contributed by atoms with E-state index in [9.17, 15) is 9.18 Å². The maximum atomic E-state index is 13.2. The molecule has 10 heteroatoms. The quantitative estimate of drug-likeness (QED) is 0.518. The number of nitrogens with zero attached hydrogens (tertiary/aromatic N) is 5. The van der Waals surface area contributed by atoms with Crippen molar-refractivity contribution < 1.29 is 9.18 Å². The molecule has 0 aliphatic carbocycles. The number of carbonyl (C=O) groups excluding carboxylic acids is 1. The average molecular weight is 399 g/mol. The van der Waals surface area contributed by atoms with E-state index in [4.69, 9.17) is 0 Å². The van der Waals surface area contributed by atoms with Crippen LogP contribution in [-0.2, 0) is 0 Å². The molecule has 0 bridgehead atoms. The second-order valence-electron chi connectivity index (χ2n) is 6.39. The second kappa shape index (κ2) is 7.47. The summed E-state index contributed by atoms with van der Waals surface area (Å²) in [6, 6.07) is 7.62. The summed E-state index contributed by atoms with van der Waals surface area (Å²) in [6.45, 7) is 3.91. The van der Waals surface area contributed by atoms with E-state index in [1.54, 1.807) is 16.8 Å². The van der Waals surface area contributed by atoms with Gasteiger partial charge in [-0.25, -0.2) is 9.07 Å². The van der Waals surface area contributed by atoms with Gasteiger partial charge in [-0.15, -0.1) is 21.5 Å². The zero-order valence-corrected chi connectivity index (χ0v) is 16.1. The lowest BCUT2D eigenvalue weighted by atomic mass is 10.1. The van der Waals surface area contributed by atoms with Crippen molar-refractivity contribution in [1.82, 2.24) is 35.7 Å². The van der Waals surface area contributed by atoms with Crippen LogP contribution in [0.15, 0.2) is 30.3 Å². The van der Waals surface area contributed by atoms with E-state index >= 15 is 0 Å². The van der Waals surface area contributed by atoms with Crippen molar-refractivity contribution in [1.29, 1.82) is 0 Å². The van der Waals surface area contributed by atoms with Gasteiger partial charge in [-0.2, -0.15) is 10.3 Å². The smallest absolute Gasteiger partial charge is 0.262 e. The van der Waals surface area contributed by atoms with Gasteiger partial charge in [0.25, 0.3) is 5.91 Å². The molecule has 0 saturated carbocycles. The van der Waals surface area contributed by atoms with E-state index in [1.165, 1.54) is 23.5 Å². The van der Waals surface area contributed by atoms with Gasteiger partial charge in [0.2, 0.25) is 0 Å².